The Labute approximate surface area is 116 Å². The molecule has 1 aromatic carbocycles. The summed E-state index contributed by atoms with van der Waals surface area (Å²) in [4.78, 5) is 22.9. The maximum Gasteiger partial charge on any atom is 0.303 e. The topological polar surface area (TPSA) is 103 Å². The molecule has 20 heavy (non-hydrogen) atoms. The number of carbonyl (C=O) groups is 2. The van der Waals surface area contributed by atoms with Gasteiger partial charge in [-0.1, -0.05) is 0 Å². The van der Waals surface area contributed by atoms with Crippen molar-refractivity contribution in [2.75, 3.05) is 5.32 Å². The molecule has 6 nitrogen and oxygen atoms in total. The van der Waals surface area contributed by atoms with E-state index in [0.29, 0.717) is 5.69 Å². The summed E-state index contributed by atoms with van der Waals surface area (Å²) < 4.78 is 4.90. The molecule has 0 saturated heterocycles. The minimum absolute atomic E-state index is 0.163. The second kappa shape index (κ2) is 5.85. The van der Waals surface area contributed by atoms with Gasteiger partial charge >= 0.3 is 5.97 Å². The Kier molecular flexibility index (Phi) is 4.45. The van der Waals surface area contributed by atoms with Crippen molar-refractivity contribution in [3.8, 4) is 12.1 Å². The van der Waals surface area contributed by atoms with Crippen molar-refractivity contribution in [2.45, 2.75) is 26.4 Å². The van der Waals surface area contributed by atoms with Crippen molar-refractivity contribution >= 4 is 17.6 Å². The van der Waals surface area contributed by atoms with E-state index >= 15 is 0 Å². The first-order valence-electron chi connectivity index (χ1n) is 5.75. The zero-order chi connectivity index (χ0) is 15.3. The summed E-state index contributed by atoms with van der Waals surface area (Å²) in [5.74, 6) is -1.09. The highest BCUT2D eigenvalue weighted by Crippen LogP contribution is 2.18. The Balaban J connectivity index is 2.95. The number of carbonyl (C=O) groups excluding carboxylic acids is 2. The van der Waals surface area contributed by atoms with Crippen LogP contribution >= 0.6 is 0 Å². The molecule has 0 aliphatic heterocycles. The summed E-state index contributed by atoms with van der Waals surface area (Å²) in [5, 5.41) is 20.2. The molecular formula is C14H13N3O3. The first-order chi connectivity index (χ1) is 9.30. The quantitative estimate of drug-likeness (QED) is 0.843. The van der Waals surface area contributed by atoms with Gasteiger partial charge in [0.2, 0.25) is 0 Å². The molecule has 0 saturated carbocycles. The molecular weight excluding hydrogens is 258 g/mol. The molecule has 0 spiro atoms. The van der Waals surface area contributed by atoms with Gasteiger partial charge in [0.05, 0.1) is 11.1 Å². The van der Waals surface area contributed by atoms with E-state index in [9.17, 15) is 9.59 Å². The fourth-order valence-corrected chi connectivity index (χ4v) is 1.50. The molecule has 1 amide bonds. The Morgan fingerprint density at radius 1 is 1.20 bits per heavy atom. The lowest BCUT2D eigenvalue weighted by atomic mass is 10.1. The van der Waals surface area contributed by atoms with Crippen LogP contribution in [0.5, 0.6) is 0 Å². The summed E-state index contributed by atoms with van der Waals surface area (Å²) in [7, 11) is 0. The van der Waals surface area contributed by atoms with Crippen LogP contribution in [-0.2, 0) is 14.3 Å². The van der Waals surface area contributed by atoms with Crippen molar-refractivity contribution in [3.05, 3.63) is 29.3 Å². The zero-order valence-electron chi connectivity index (χ0n) is 11.4. The molecule has 0 unspecified atom stereocenters. The van der Waals surface area contributed by atoms with Crippen LogP contribution in [0.4, 0.5) is 5.69 Å². The third-order valence-corrected chi connectivity index (χ3v) is 2.46. The lowest BCUT2D eigenvalue weighted by Gasteiger charge is -2.23. The molecule has 0 bridgehead atoms. The molecule has 0 aliphatic rings. The van der Waals surface area contributed by atoms with E-state index in [-0.39, 0.29) is 11.1 Å². The van der Waals surface area contributed by atoms with Gasteiger partial charge < -0.3 is 10.1 Å². The van der Waals surface area contributed by atoms with E-state index in [1.165, 1.54) is 39.0 Å². The maximum absolute atomic E-state index is 12.0. The molecule has 0 atom stereocenters. The van der Waals surface area contributed by atoms with Crippen molar-refractivity contribution in [1.82, 2.24) is 0 Å². The van der Waals surface area contributed by atoms with Crippen LogP contribution in [-0.4, -0.2) is 17.5 Å². The zero-order valence-corrected chi connectivity index (χ0v) is 11.4. The van der Waals surface area contributed by atoms with Gasteiger partial charge in [-0.25, -0.2) is 0 Å². The van der Waals surface area contributed by atoms with Crippen molar-refractivity contribution in [2.24, 2.45) is 0 Å². The first kappa shape index (κ1) is 15.2. The second-order valence-electron chi connectivity index (χ2n) is 4.54. The number of amides is 1. The number of anilines is 1. The number of ether oxygens (including phenoxy) is 1. The number of benzene rings is 1. The number of hydrogen-bond acceptors (Lipinski definition) is 5. The molecule has 0 aromatic heterocycles. The standard InChI is InChI=1S/C14H13N3O3/c1-9(18)20-14(2,3)13(19)17-12-5-4-10(7-15)11(6-12)8-16/h4-6H,1-3H3,(H,17,19). The van der Waals surface area contributed by atoms with Gasteiger partial charge in [-0.05, 0) is 32.0 Å². The number of nitrogens with one attached hydrogen (secondary N) is 1. The van der Waals surface area contributed by atoms with E-state index in [0.717, 1.165) is 0 Å². The lowest BCUT2D eigenvalue weighted by Crippen LogP contribution is -2.41. The normalized spacial score (nSPS) is 10.1. The summed E-state index contributed by atoms with van der Waals surface area (Å²) in [5.41, 5.74) is -0.585. The minimum Gasteiger partial charge on any atom is -0.450 e. The third kappa shape index (κ3) is 3.56. The number of rotatable bonds is 3. The summed E-state index contributed by atoms with van der Waals surface area (Å²) in [6, 6.07) is 8.08. The monoisotopic (exact) mass is 271 g/mol. The number of nitrogens with zero attached hydrogens (tertiary/aromatic N) is 2. The van der Waals surface area contributed by atoms with Gasteiger partial charge in [-0.2, -0.15) is 10.5 Å². The molecule has 1 rings (SSSR count). The third-order valence-electron chi connectivity index (χ3n) is 2.46. The lowest BCUT2D eigenvalue weighted by molar-refractivity contribution is -0.160. The summed E-state index contributed by atoms with van der Waals surface area (Å²) in [6.07, 6.45) is 0. The second-order valence-corrected chi connectivity index (χ2v) is 4.54. The molecule has 1 N–H and O–H groups in total. The van der Waals surface area contributed by atoms with E-state index in [1.54, 1.807) is 0 Å². The number of hydrogen-bond donors (Lipinski definition) is 1. The Bertz CT molecular complexity index is 636. The molecule has 1 aromatic rings. The predicted molar refractivity (Wildman–Crippen MR) is 70.3 cm³/mol. The van der Waals surface area contributed by atoms with Gasteiger partial charge in [0.1, 0.15) is 12.1 Å². The molecule has 102 valence electrons. The van der Waals surface area contributed by atoms with Crippen LogP contribution < -0.4 is 5.32 Å². The van der Waals surface area contributed by atoms with E-state index in [4.69, 9.17) is 15.3 Å². The SMILES string of the molecule is CC(=O)OC(C)(C)C(=O)Nc1ccc(C#N)c(C#N)c1. The maximum atomic E-state index is 12.0. The average Bonchev–Trinajstić information content (AvgIpc) is 2.37. The van der Waals surface area contributed by atoms with Gasteiger partial charge in [-0.3, -0.25) is 9.59 Å². The summed E-state index contributed by atoms with van der Waals surface area (Å²) in [6.45, 7) is 4.13. The van der Waals surface area contributed by atoms with E-state index < -0.39 is 17.5 Å². The highest BCUT2D eigenvalue weighted by atomic mass is 16.6. The largest absolute Gasteiger partial charge is 0.450 e. The molecule has 0 fully saturated rings. The fraction of sp³-hybridized carbons (Fsp3) is 0.286. The first-order valence-corrected chi connectivity index (χ1v) is 5.75. The van der Waals surface area contributed by atoms with Crippen LogP contribution in [0.2, 0.25) is 0 Å². The van der Waals surface area contributed by atoms with Gasteiger partial charge in [0.15, 0.2) is 5.60 Å². The van der Waals surface area contributed by atoms with Crippen LogP contribution in [0.25, 0.3) is 0 Å². The number of nitriles is 2. The predicted octanol–water partition coefficient (Wildman–Crippen LogP) is 1.71. The Morgan fingerprint density at radius 3 is 2.30 bits per heavy atom. The van der Waals surface area contributed by atoms with Crippen molar-refractivity contribution in [3.63, 3.8) is 0 Å². The molecule has 0 aliphatic carbocycles. The highest BCUT2D eigenvalue weighted by Gasteiger charge is 2.31. The minimum atomic E-state index is -1.33. The Hall–Kier alpha value is -2.86. The van der Waals surface area contributed by atoms with Crippen molar-refractivity contribution in [1.29, 1.82) is 10.5 Å². The average molecular weight is 271 g/mol. The molecule has 0 radical (unpaired) electrons. The molecule has 0 heterocycles. The van der Waals surface area contributed by atoms with Crippen LogP contribution in [0.1, 0.15) is 31.9 Å². The Morgan fingerprint density at radius 2 is 1.80 bits per heavy atom. The van der Waals surface area contributed by atoms with Crippen LogP contribution in [0.15, 0.2) is 18.2 Å². The van der Waals surface area contributed by atoms with Gasteiger partial charge in [-0.15, -0.1) is 0 Å². The van der Waals surface area contributed by atoms with E-state index in [1.807, 2.05) is 12.1 Å². The summed E-state index contributed by atoms with van der Waals surface area (Å²) >= 11 is 0. The number of esters is 1. The smallest absolute Gasteiger partial charge is 0.303 e. The van der Waals surface area contributed by atoms with Gasteiger partial charge in [0, 0.05) is 12.6 Å². The molecule has 6 heteroatoms. The van der Waals surface area contributed by atoms with Crippen LogP contribution in [0, 0.1) is 22.7 Å². The van der Waals surface area contributed by atoms with E-state index in [2.05, 4.69) is 5.32 Å². The van der Waals surface area contributed by atoms with Crippen molar-refractivity contribution < 1.29 is 14.3 Å². The van der Waals surface area contributed by atoms with Crippen LogP contribution in [0.3, 0.4) is 0 Å². The highest BCUT2D eigenvalue weighted by molar-refractivity contribution is 5.98. The fourth-order valence-electron chi connectivity index (χ4n) is 1.50. The van der Waals surface area contributed by atoms with Gasteiger partial charge in [0.25, 0.3) is 5.91 Å².